The molecule has 3 aromatic rings. The zero-order valence-corrected chi connectivity index (χ0v) is 25.0. The number of carbonyl (C=O) groups excluding carboxylic acids is 3. The Hall–Kier alpha value is -3.77. The average Bonchev–Trinajstić information content (AvgIpc) is 3.40. The number of anilines is 1. The van der Waals surface area contributed by atoms with Crippen LogP contribution in [0.3, 0.4) is 0 Å². The first-order valence-corrected chi connectivity index (χ1v) is 17.9. The van der Waals surface area contributed by atoms with Crippen molar-refractivity contribution in [1.82, 2.24) is 24.6 Å². The van der Waals surface area contributed by atoms with Gasteiger partial charge in [-0.3, -0.25) is 14.4 Å². The standard InChI is InChI=1S/C29H38N6O5Si/c1-41(2,3)18-17-39-21-34-26(36)12-16-33(28(34)37)27-24-19-31-35(25(24)9-13-30-27)23-10-14-32(15-11-23)29(38)40-20-22-7-5-4-6-8-22/h4-9,13,19,23H,10-12,14-18,20-21H2,1-3H3. The summed E-state index contributed by atoms with van der Waals surface area (Å²) < 4.78 is 13.2. The fraction of sp³-hybridized carbons (Fsp3) is 0.483. The molecule has 2 fully saturated rings. The van der Waals surface area contributed by atoms with Crippen molar-refractivity contribution in [2.75, 3.05) is 37.9 Å². The molecule has 5 rings (SSSR count). The Labute approximate surface area is 241 Å². The van der Waals surface area contributed by atoms with Gasteiger partial charge in [-0.15, -0.1) is 0 Å². The predicted molar refractivity (Wildman–Crippen MR) is 157 cm³/mol. The number of pyridine rings is 1. The summed E-state index contributed by atoms with van der Waals surface area (Å²) in [5.41, 5.74) is 1.82. The molecule has 0 aliphatic carbocycles. The third-order valence-corrected chi connectivity index (χ3v) is 9.27. The first kappa shape index (κ1) is 28.7. The Morgan fingerprint density at radius 1 is 1.05 bits per heavy atom. The first-order chi connectivity index (χ1) is 19.7. The Kier molecular flexibility index (Phi) is 8.69. The van der Waals surface area contributed by atoms with Gasteiger partial charge in [-0.25, -0.2) is 19.5 Å². The number of hydrogen-bond donors (Lipinski definition) is 0. The summed E-state index contributed by atoms with van der Waals surface area (Å²) in [6.45, 7) is 8.88. The van der Waals surface area contributed by atoms with E-state index >= 15 is 0 Å². The van der Waals surface area contributed by atoms with Crippen molar-refractivity contribution in [2.45, 2.75) is 57.6 Å². The quantitative estimate of drug-likeness (QED) is 0.263. The molecule has 41 heavy (non-hydrogen) atoms. The Balaban J connectivity index is 1.22. The molecule has 0 bridgehead atoms. The van der Waals surface area contributed by atoms with Crippen LogP contribution in [0.15, 0.2) is 48.8 Å². The first-order valence-electron chi connectivity index (χ1n) is 14.2. The third-order valence-electron chi connectivity index (χ3n) is 7.56. The summed E-state index contributed by atoms with van der Waals surface area (Å²) in [7, 11) is -1.28. The van der Waals surface area contributed by atoms with Crippen molar-refractivity contribution in [3.8, 4) is 0 Å². The van der Waals surface area contributed by atoms with E-state index in [4.69, 9.17) is 9.47 Å². The van der Waals surface area contributed by atoms with Gasteiger partial charge in [-0.2, -0.15) is 5.10 Å². The molecule has 2 saturated heterocycles. The maximum absolute atomic E-state index is 13.4. The summed E-state index contributed by atoms with van der Waals surface area (Å²) in [6.07, 6.45) is 4.76. The van der Waals surface area contributed by atoms with Crippen molar-refractivity contribution >= 4 is 42.8 Å². The summed E-state index contributed by atoms with van der Waals surface area (Å²) >= 11 is 0. The van der Waals surface area contributed by atoms with Crippen molar-refractivity contribution in [1.29, 1.82) is 0 Å². The molecule has 0 unspecified atom stereocenters. The number of ether oxygens (including phenoxy) is 2. The van der Waals surface area contributed by atoms with Gasteiger partial charge in [0.05, 0.1) is 23.1 Å². The van der Waals surface area contributed by atoms with Crippen LogP contribution in [0.25, 0.3) is 10.9 Å². The average molecular weight is 579 g/mol. The minimum atomic E-state index is -1.28. The van der Waals surface area contributed by atoms with Gasteiger partial charge in [-0.1, -0.05) is 50.0 Å². The molecule has 218 valence electrons. The van der Waals surface area contributed by atoms with Crippen molar-refractivity contribution in [3.63, 3.8) is 0 Å². The van der Waals surface area contributed by atoms with E-state index in [1.807, 2.05) is 41.1 Å². The molecule has 0 saturated carbocycles. The van der Waals surface area contributed by atoms with Gasteiger partial charge in [0.25, 0.3) is 0 Å². The topological polar surface area (TPSA) is 110 Å². The van der Waals surface area contributed by atoms with E-state index in [1.165, 1.54) is 4.90 Å². The molecular formula is C29H38N6O5Si. The van der Waals surface area contributed by atoms with Gasteiger partial charge in [0.1, 0.15) is 19.2 Å². The third kappa shape index (κ3) is 6.76. The summed E-state index contributed by atoms with van der Waals surface area (Å²) in [6, 6.07) is 12.2. The van der Waals surface area contributed by atoms with Crippen LogP contribution < -0.4 is 4.90 Å². The fourth-order valence-corrected chi connectivity index (χ4v) is 5.87. The number of amides is 4. The van der Waals surface area contributed by atoms with Crippen molar-refractivity contribution < 1.29 is 23.9 Å². The molecule has 2 aliphatic heterocycles. The predicted octanol–water partition coefficient (Wildman–Crippen LogP) is 4.88. The molecule has 1 aromatic carbocycles. The van der Waals surface area contributed by atoms with Gasteiger partial charge in [0, 0.05) is 46.9 Å². The number of hydrogen-bond acceptors (Lipinski definition) is 7. The Morgan fingerprint density at radius 2 is 1.80 bits per heavy atom. The maximum atomic E-state index is 13.4. The number of rotatable bonds is 9. The highest BCUT2D eigenvalue weighted by Crippen LogP contribution is 2.31. The van der Waals surface area contributed by atoms with Crippen LogP contribution in [0.5, 0.6) is 0 Å². The van der Waals surface area contributed by atoms with Crippen LogP contribution in [0.1, 0.15) is 30.9 Å². The largest absolute Gasteiger partial charge is 0.445 e. The second kappa shape index (κ2) is 12.4. The monoisotopic (exact) mass is 578 g/mol. The molecule has 4 heterocycles. The second-order valence-electron chi connectivity index (χ2n) is 11.8. The molecule has 0 radical (unpaired) electrons. The number of fused-ring (bicyclic) bond motifs is 1. The number of aromatic nitrogens is 3. The van der Waals surface area contributed by atoms with Gasteiger partial charge < -0.3 is 14.4 Å². The summed E-state index contributed by atoms with van der Waals surface area (Å²) in [4.78, 5) is 47.5. The van der Waals surface area contributed by atoms with Gasteiger partial charge in [0.2, 0.25) is 5.91 Å². The lowest BCUT2D eigenvalue weighted by molar-refractivity contribution is -0.133. The highest BCUT2D eigenvalue weighted by molar-refractivity contribution is 6.76. The second-order valence-corrected chi connectivity index (χ2v) is 17.4. The van der Waals surface area contributed by atoms with Crippen LogP contribution in [0.2, 0.25) is 25.7 Å². The zero-order valence-electron chi connectivity index (χ0n) is 24.0. The number of likely N-dealkylation sites (tertiary alicyclic amines) is 1. The van der Waals surface area contributed by atoms with Crippen LogP contribution in [-0.2, 0) is 20.9 Å². The van der Waals surface area contributed by atoms with Crippen LogP contribution in [0.4, 0.5) is 15.4 Å². The zero-order chi connectivity index (χ0) is 29.0. The van der Waals surface area contributed by atoms with Crippen LogP contribution in [-0.4, -0.2) is 83.6 Å². The number of nitrogens with zero attached hydrogens (tertiary/aromatic N) is 6. The van der Waals surface area contributed by atoms with E-state index in [1.54, 1.807) is 22.2 Å². The van der Waals surface area contributed by atoms with Crippen molar-refractivity contribution in [3.05, 3.63) is 54.4 Å². The van der Waals surface area contributed by atoms with E-state index in [-0.39, 0.29) is 44.3 Å². The normalized spacial score (nSPS) is 17.0. The van der Waals surface area contributed by atoms with Gasteiger partial charge in [0.15, 0.2) is 0 Å². The molecule has 2 aromatic heterocycles. The molecule has 0 spiro atoms. The highest BCUT2D eigenvalue weighted by atomic mass is 28.3. The van der Waals surface area contributed by atoms with Gasteiger partial charge in [-0.05, 0) is 30.5 Å². The molecule has 0 N–H and O–H groups in total. The minimum Gasteiger partial charge on any atom is -0.445 e. The minimum absolute atomic E-state index is 0.0553. The van der Waals surface area contributed by atoms with Gasteiger partial charge >= 0.3 is 12.1 Å². The molecule has 4 amide bonds. The molecule has 2 aliphatic rings. The Bertz CT molecular complexity index is 1380. The number of imide groups is 1. The number of carbonyl (C=O) groups is 3. The molecule has 0 atom stereocenters. The van der Waals surface area contributed by atoms with Crippen LogP contribution in [0, 0.1) is 0 Å². The SMILES string of the molecule is C[Si](C)(C)CCOCN1C(=O)CCN(c2nccc3c2cnn3C2CCN(C(=O)OCc3ccccc3)CC2)C1=O. The van der Waals surface area contributed by atoms with Crippen molar-refractivity contribution in [2.24, 2.45) is 0 Å². The van der Waals surface area contributed by atoms with E-state index in [9.17, 15) is 14.4 Å². The summed E-state index contributed by atoms with van der Waals surface area (Å²) in [5.74, 6) is 0.247. The lowest BCUT2D eigenvalue weighted by Gasteiger charge is -2.33. The van der Waals surface area contributed by atoms with Crippen LogP contribution >= 0.6 is 0 Å². The van der Waals surface area contributed by atoms with E-state index < -0.39 is 14.1 Å². The number of urea groups is 1. The lowest BCUT2D eigenvalue weighted by atomic mass is 10.1. The number of piperidine rings is 1. The highest BCUT2D eigenvalue weighted by Gasteiger charge is 2.35. The van der Waals surface area contributed by atoms with E-state index in [0.717, 1.165) is 35.4 Å². The molecular weight excluding hydrogens is 540 g/mol. The summed E-state index contributed by atoms with van der Waals surface area (Å²) in [5, 5.41) is 5.42. The molecule has 11 nitrogen and oxygen atoms in total. The smallest absolute Gasteiger partial charge is 0.410 e. The number of benzene rings is 1. The molecule has 12 heteroatoms. The maximum Gasteiger partial charge on any atom is 0.410 e. The van der Waals surface area contributed by atoms with E-state index in [2.05, 4.69) is 29.7 Å². The lowest BCUT2D eigenvalue weighted by Crippen LogP contribution is -2.53. The fourth-order valence-electron chi connectivity index (χ4n) is 5.12. The van der Waals surface area contributed by atoms with E-state index in [0.29, 0.717) is 25.5 Å². The Morgan fingerprint density at radius 3 is 2.54 bits per heavy atom.